The summed E-state index contributed by atoms with van der Waals surface area (Å²) in [6, 6.07) is 4.62. The van der Waals surface area contributed by atoms with Gasteiger partial charge < -0.3 is 19.5 Å². The highest BCUT2D eigenvalue weighted by atomic mass is 16.5. The first kappa shape index (κ1) is 15.0. The first-order valence-corrected chi connectivity index (χ1v) is 7.26. The van der Waals surface area contributed by atoms with E-state index >= 15 is 0 Å². The lowest BCUT2D eigenvalue weighted by molar-refractivity contribution is 0.321. The molecule has 0 heterocycles. The number of ether oxygens (including phenoxy) is 3. The fourth-order valence-electron chi connectivity index (χ4n) is 2.73. The van der Waals surface area contributed by atoms with Gasteiger partial charge in [0, 0.05) is 18.2 Å². The van der Waals surface area contributed by atoms with Crippen LogP contribution in [0.2, 0.25) is 0 Å². The lowest BCUT2D eigenvalue weighted by Gasteiger charge is -2.16. The summed E-state index contributed by atoms with van der Waals surface area (Å²) in [6.45, 7) is 3.04. The SMILES string of the molecule is CCCC1CC1NCc1ccc(OC)c(OC)c1OC. The van der Waals surface area contributed by atoms with Crippen molar-refractivity contribution in [2.45, 2.75) is 38.8 Å². The maximum atomic E-state index is 5.49. The van der Waals surface area contributed by atoms with Crippen molar-refractivity contribution in [1.82, 2.24) is 5.32 Å². The largest absolute Gasteiger partial charge is 0.493 e. The second kappa shape index (κ2) is 6.84. The van der Waals surface area contributed by atoms with E-state index in [4.69, 9.17) is 14.2 Å². The number of hydrogen-bond donors (Lipinski definition) is 1. The molecule has 0 spiro atoms. The van der Waals surface area contributed by atoms with Crippen LogP contribution in [-0.4, -0.2) is 27.4 Å². The summed E-state index contributed by atoms with van der Waals surface area (Å²) in [7, 11) is 4.93. The van der Waals surface area contributed by atoms with Crippen LogP contribution < -0.4 is 19.5 Å². The van der Waals surface area contributed by atoms with Crippen LogP contribution in [0.5, 0.6) is 17.2 Å². The molecule has 0 saturated heterocycles. The normalized spacial score (nSPS) is 20.6. The van der Waals surface area contributed by atoms with E-state index < -0.39 is 0 Å². The van der Waals surface area contributed by atoms with E-state index in [2.05, 4.69) is 12.2 Å². The van der Waals surface area contributed by atoms with Gasteiger partial charge in [0.25, 0.3) is 0 Å². The minimum Gasteiger partial charge on any atom is -0.493 e. The van der Waals surface area contributed by atoms with E-state index in [-0.39, 0.29) is 0 Å². The third kappa shape index (κ3) is 3.18. The van der Waals surface area contributed by atoms with Gasteiger partial charge in [0.05, 0.1) is 21.3 Å². The van der Waals surface area contributed by atoms with Crippen LogP contribution >= 0.6 is 0 Å². The zero-order chi connectivity index (χ0) is 14.5. The Kier molecular flexibility index (Phi) is 5.12. The van der Waals surface area contributed by atoms with Crippen molar-refractivity contribution in [2.24, 2.45) is 5.92 Å². The van der Waals surface area contributed by atoms with Gasteiger partial charge >= 0.3 is 0 Å². The van der Waals surface area contributed by atoms with Crippen molar-refractivity contribution < 1.29 is 14.2 Å². The standard InChI is InChI=1S/C16H25NO3/c1-5-6-11-9-13(11)17-10-12-7-8-14(18-2)16(20-4)15(12)19-3/h7-8,11,13,17H,5-6,9-10H2,1-4H3. The van der Waals surface area contributed by atoms with Crippen LogP contribution in [0.4, 0.5) is 0 Å². The number of benzene rings is 1. The third-order valence-corrected chi connectivity index (χ3v) is 3.92. The third-order valence-electron chi connectivity index (χ3n) is 3.92. The molecule has 2 unspecified atom stereocenters. The van der Waals surface area contributed by atoms with Crippen LogP contribution in [0.1, 0.15) is 31.7 Å². The van der Waals surface area contributed by atoms with Gasteiger partial charge in [-0.05, 0) is 24.8 Å². The van der Waals surface area contributed by atoms with Crippen molar-refractivity contribution in [2.75, 3.05) is 21.3 Å². The van der Waals surface area contributed by atoms with Crippen LogP contribution in [-0.2, 0) is 6.54 Å². The van der Waals surface area contributed by atoms with E-state index in [9.17, 15) is 0 Å². The number of methoxy groups -OCH3 is 3. The second-order valence-corrected chi connectivity index (χ2v) is 5.27. The molecule has 4 nitrogen and oxygen atoms in total. The molecule has 1 aliphatic rings. The molecule has 1 saturated carbocycles. The Balaban J connectivity index is 2.04. The van der Waals surface area contributed by atoms with Gasteiger partial charge in [-0.3, -0.25) is 0 Å². The molecule has 4 heteroatoms. The highest BCUT2D eigenvalue weighted by molar-refractivity contribution is 5.55. The molecule has 1 fully saturated rings. The van der Waals surface area contributed by atoms with Crippen LogP contribution in [0.15, 0.2) is 12.1 Å². The van der Waals surface area contributed by atoms with Gasteiger partial charge in [-0.15, -0.1) is 0 Å². The average Bonchev–Trinajstić information content (AvgIpc) is 3.22. The van der Waals surface area contributed by atoms with E-state index in [1.165, 1.54) is 19.3 Å². The van der Waals surface area contributed by atoms with Crippen molar-refractivity contribution in [3.8, 4) is 17.2 Å². The Morgan fingerprint density at radius 2 is 1.85 bits per heavy atom. The highest BCUT2D eigenvalue weighted by Crippen LogP contribution is 2.40. The topological polar surface area (TPSA) is 39.7 Å². The molecule has 1 N–H and O–H groups in total. The Hall–Kier alpha value is -1.42. The molecule has 1 aliphatic carbocycles. The Bertz CT molecular complexity index is 448. The Morgan fingerprint density at radius 1 is 1.10 bits per heavy atom. The van der Waals surface area contributed by atoms with Crippen LogP contribution in [0.3, 0.4) is 0 Å². The molecule has 20 heavy (non-hydrogen) atoms. The van der Waals surface area contributed by atoms with E-state index in [1.807, 2.05) is 12.1 Å². The first-order valence-electron chi connectivity index (χ1n) is 7.26. The van der Waals surface area contributed by atoms with Crippen molar-refractivity contribution >= 4 is 0 Å². The molecule has 2 rings (SSSR count). The zero-order valence-electron chi connectivity index (χ0n) is 12.9. The van der Waals surface area contributed by atoms with Gasteiger partial charge in [-0.2, -0.15) is 0 Å². The van der Waals surface area contributed by atoms with Gasteiger partial charge in [-0.1, -0.05) is 19.4 Å². The minimum atomic E-state index is 0.660. The first-order chi connectivity index (χ1) is 9.74. The molecule has 1 aromatic carbocycles. The Labute approximate surface area is 121 Å². The van der Waals surface area contributed by atoms with Gasteiger partial charge in [0.2, 0.25) is 5.75 Å². The lowest BCUT2D eigenvalue weighted by atomic mass is 10.1. The number of hydrogen-bond acceptors (Lipinski definition) is 4. The summed E-state index contributed by atoms with van der Waals surface area (Å²) in [5.41, 5.74) is 1.10. The van der Waals surface area contributed by atoms with Crippen LogP contribution in [0.25, 0.3) is 0 Å². The van der Waals surface area contributed by atoms with E-state index in [0.717, 1.165) is 23.8 Å². The van der Waals surface area contributed by atoms with Crippen molar-refractivity contribution in [1.29, 1.82) is 0 Å². The average molecular weight is 279 g/mol. The number of rotatable bonds is 8. The zero-order valence-corrected chi connectivity index (χ0v) is 12.9. The summed E-state index contributed by atoms with van der Waals surface area (Å²) in [5.74, 6) is 2.97. The molecule has 0 radical (unpaired) electrons. The number of nitrogens with one attached hydrogen (secondary N) is 1. The fourth-order valence-corrected chi connectivity index (χ4v) is 2.73. The monoisotopic (exact) mass is 279 g/mol. The quantitative estimate of drug-likeness (QED) is 0.794. The van der Waals surface area contributed by atoms with Gasteiger partial charge in [0.15, 0.2) is 11.5 Å². The minimum absolute atomic E-state index is 0.660. The predicted molar refractivity (Wildman–Crippen MR) is 79.7 cm³/mol. The van der Waals surface area contributed by atoms with Crippen LogP contribution in [0, 0.1) is 5.92 Å². The molecule has 1 aromatic rings. The predicted octanol–water partition coefficient (Wildman–Crippen LogP) is 2.99. The molecular formula is C16H25NO3. The highest BCUT2D eigenvalue weighted by Gasteiger charge is 2.35. The summed E-state index contributed by atoms with van der Waals surface area (Å²) in [5, 5.41) is 3.59. The summed E-state index contributed by atoms with van der Waals surface area (Å²) < 4.78 is 16.2. The molecular weight excluding hydrogens is 254 g/mol. The molecule has 0 amide bonds. The Morgan fingerprint density at radius 3 is 2.45 bits per heavy atom. The lowest BCUT2D eigenvalue weighted by Crippen LogP contribution is -2.18. The fraction of sp³-hybridized carbons (Fsp3) is 0.625. The van der Waals surface area contributed by atoms with Crippen molar-refractivity contribution in [3.63, 3.8) is 0 Å². The van der Waals surface area contributed by atoms with Crippen molar-refractivity contribution in [3.05, 3.63) is 17.7 Å². The van der Waals surface area contributed by atoms with E-state index in [0.29, 0.717) is 17.5 Å². The molecule has 112 valence electrons. The summed E-state index contributed by atoms with van der Waals surface area (Å²) in [6.07, 6.45) is 3.88. The maximum absolute atomic E-state index is 5.49. The molecule has 0 aliphatic heterocycles. The summed E-state index contributed by atoms with van der Waals surface area (Å²) in [4.78, 5) is 0. The van der Waals surface area contributed by atoms with Gasteiger partial charge in [-0.25, -0.2) is 0 Å². The summed E-state index contributed by atoms with van der Waals surface area (Å²) >= 11 is 0. The smallest absolute Gasteiger partial charge is 0.203 e. The van der Waals surface area contributed by atoms with E-state index in [1.54, 1.807) is 21.3 Å². The van der Waals surface area contributed by atoms with Gasteiger partial charge in [0.1, 0.15) is 0 Å². The maximum Gasteiger partial charge on any atom is 0.203 e. The second-order valence-electron chi connectivity index (χ2n) is 5.27. The molecule has 0 bridgehead atoms. The molecule has 2 atom stereocenters. The molecule has 0 aromatic heterocycles.